The summed E-state index contributed by atoms with van der Waals surface area (Å²) in [6, 6.07) is 0. The smallest absolute Gasteiger partial charge is 0.217 e. The molecule has 0 aromatic carbocycles. The van der Waals surface area contributed by atoms with Crippen molar-refractivity contribution in [2.45, 2.75) is 20.3 Å². The molecule has 94 valence electrons. The van der Waals surface area contributed by atoms with Crippen LogP contribution in [0.3, 0.4) is 0 Å². The molecule has 6 nitrogen and oxygen atoms in total. The van der Waals surface area contributed by atoms with Gasteiger partial charge in [-0.2, -0.15) is 0 Å². The fourth-order valence-corrected chi connectivity index (χ4v) is 0.918. The lowest BCUT2D eigenvalue weighted by molar-refractivity contribution is -0.907. The van der Waals surface area contributed by atoms with Gasteiger partial charge in [0.05, 0.1) is 27.2 Å². The number of nitrogens with zero attached hydrogens (tertiary/aromatic N) is 1. The highest BCUT2D eigenvalue weighted by Crippen LogP contribution is 1.98. The van der Waals surface area contributed by atoms with Gasteiger partial charge >= 0.3 is 0 Å². The Balaban J connectivity index is 0. The summed E-state index contributed by atoms with van der Waals surface area (Å²) < 4.78 is 32.0. The average molecular weight is 242 g/mol. The summed E-state index contributed by atoms with van der Waals surface area (Å²) in [7, 11) is -1.41. The van der Waals surface area contributed by atoms with Gasteiger partial charge in [-0.1, -0.05) is 6.92 Å². The lowest BCUT2D eigenvalue weighted by Crippen LogP contribution is -2.48. The van der Waals surface area contributed by atoms with Gasteiger partial charge < -0.3 is 9.04 Å². The van der Waals surface area contributed by atoms with E-state index in [-0.39, 0.29) is 0 Å². The first kappa shape index (κ1) is 17.2. The van der Waals surface area contributed by atoms with Gasteiger partial charge in [0, 0.05) is 0 Å². The van der Waals surface area contributed by atoms with Crippen LogP contribution in [0.5, 0.6) is 0 Å². The van der Waals surface area contributed by atoms with Gasteiger partial charge in [0.2, 0.25) is 10.4 Å². The average Bonchev–Trinajstić information content (AvgIpc) is 2.18. The molecule has 0 spiro atoms. The van der Waals surface area contributed by atoms with E-state index >= 15 is 0 Å². The normalized spacial score (nSPS) is 15.1. The van der Waals surface area contributed by atoms with Gasteiger partial charge in [-0.15, -0.1) is 0 Å². The largest absolute Gasteiger partial charge is 0.726 e. The second-order valence-electron chi connectivity index (χ2n) is 3.42. The molecule has 0 aliphatic heterocycles. The van der Waals surface area contributed by atoms with Crippen LogP contribution in [-0.2, 0) is 14.6 Å². The van der Waals surface area contributed by atoms with Crippen molar-refractivity contribution in [2.75, 3.05) is 33.9 Å². The molecule has 0 aliphatic rings. The predicted molar refractivity (Wildman–Crippen MR) is 57.6 cm³/mol. The van der Waals surface area contributed by atoms with Crippen LogP contribution in [0.1, 0.15) is 20.3 Å². The molecule has 0 heterocycles. The Morgan fingerprint density at radius 1 is 1.40 bits per heavy atom. The standard InChI is InChI=1S/C7H19N2.CH4O4S/c1-4-6-9(3,5-2)7-8;1-5-6(2,3)4/h4-8H2,1-3H3;1H3,(H,2,3,4)/q+1;/p-1. The van der Waals surface area contributed by atoms with Gasteiger partial charge in [0.1, 0.15) is 6.67 Å². The molecular formula is C8H22N2O4S. The van der Waals surface area contributed by atoms with Crippen molar-refractivity contribution in [3.63, 3.8) is 0 Å². The van der Waals surface area contributed by atoms with Crippen molar-refractivity contribution in [1.29, 1.82) is 0 Å². The molecule has 0 saturated carbocycles. The Labute approximate surface area is 92.6 Å². The molecule has 0 amide bonds. The zero-order chi connectivity index (χ0) is 12.5. The Kier molecular flexibility index (Phi) is 9.17. The lowest BCUT2D eigenvalue weighted by atomic mass is 10.4. The zero-order valence-electron chi connectivity index (χ0n) is 9.89. The lowest BCUT2D eigenvalue weighted by Gasteiger charge is -2.30. The highest BCUT2D eigenvalue weighted by Gasteiger charge is 2.13. The topological polar surface area (TPSA) is 92.5 Å². The van der Waals surface area contributed by atoms with E-state index in [0.717, 1.165) is 24.8 Å². The van der Waals surface area contributed by atoms with Crippen LogP contribution in [0.2, 0.25) is 0 Å². The maximum atomic E-state index is 9.22. The Morgan fingerprint density at radius 2 is 1.80 bits per heavy atom. The Morgan fingerprint density at radius 3 is 1.87 bits per heavy atom. The third kappa shape index (κ3) is 11.7. The molecule has 0 radical (unpaired) electrons. The van der Waals surface area contributed by atoms with Gasteiger partial charge in [-0.25, -0.2) is 8.42 Å². The number of quaternary nitrogens is 1. The molecule has 0 aromatic rings. The van der Waals surface area contributed by atoms with Crippen molar-refractivity contribution in [3.8, 4) is 0 Å². The first-order chi connectivity index (χ1) is 6.74. The van der Waals surface area contributed by atoms with Crippen LogP contribution >= 0.6 is 0 Å². The molecule has 0 aromatic heterocycles. The van der Waals surface area contributed by atoms with Crippen molar-refractivity contribution in [3.05, 3.63) is 0 Å². The zero-order valence-corrected chi connectivity index (χ0v) is 10.7. The van der Waals surface area contributed by atoms with Crippen LogP contribution in [0, 0.1) is 0 Å². The van der Waals surface area contributed by atoms with E-state index in [0.29, 0.717) is 0 Å². The summed E-state index contributed by atoms with van der Waals surface area (Å²) in [6.45, 7) is 7.49. The third-order valence-electron chi connectivity index (χ3n) is 2.17. The van der Waals surface area contributed by atoms with Crippen LogP contribution in [0.25, 0.3) is 0 Å². The van der Waals surface area contributed by atoms with Crippen molar-refractivity contribution in [2.24, 2.45) is 5.73 Å². The predicted octanol–water partition coefficient (Wildman–Crippen LogP) is -0.128. The molecule has 0 fully saturated rings. The summed E-state index contributed by atoms with van der Waals surface area (Å²) in [6.07, 6.45) is 1.22. The maximum Gasteiger partial charge on any atom is 0.217 e. The van der Waals surface area contributed by atoms with E-state index in [1.165, 1.54) is 13.0 Å². The van der Waals surface area contributed by atoms with Crippen LogP contribution in [0.15, 0.2) is 0 Å². The fourth-order valence-electron chi connectivity index (χ4n) is 0.918. The molecule has 15 heavy (non-hydrogen) atoms. The Bertz CT molecular complexity index is 237. The fraction of sp³-hybridized carbons (Fsp3) is 1.00. The molecule has 1 atom stereocenters. The minimum Gasteiger partial charge on any atom is -0.726 e. The van der Waals surface area contributed by atoms with E-state index in [9.17, 15) is 13.0 Å². The van der Waals surface area contributed by atoms with Gasteiger partial charge in [0.15, 0.2) is 0 Å². The van der Waals surface area contributed by atoms with Crippen LogP contribution < -0.4 is 5.73 Å². The molecule has 0 aliphatic carbocycles. The second kappa shape index (κ2) is 8.00. The molecule has 2 N–H and O–H groups in total. The SMILES string of the molecule is CCC[N+](C)(CC)CN.COS(=O)(=O)[O-]. The number of rotatable bonds is 5. The van der Waals surface area contributed by atoms with Crippen molar-refractivity contribution >= 4 is 10.4 Å². The Hall–Kier alpha value is -0.210. The summed E-state index contributed by atoms with van der Waals surface area (Å²) in [5.41, 5.74) is 5.58. The molecular weight excluding hydrogens is 220 g/mol. The molecule has 7 heteroatoms. The molecule has 0 rings (SSSR count). The maximum absolute atomic E-state index is 9.22. The summed E-state index contributed by atoms with van der Waals surface area (Å²) in [5.74, 6) is 0. The minimum absolute atomic E-state index is 0.768. The first-order valence-electron chi connectivity index (χ1n) is 4.79. The van der Waals surface area contributed by atoms with Crippen LogP contribution in [-0.4, -0.2) is 51.4 Å². The van der Waals surface area contributed by atoms with E-state index in [1.54, 1.807) is 0 Å². The van der Waals surface area contributed by atoms with E-state index < -0.39 is 10.4 Å². The van der Waals surface area contributed by atoms with E-state index in [2.05, 4.69) is 25.1 Å². The second-order valence-corrected chi connectivity index (χ2v) is 4.57. The summed E-state index contributed by atoms with van der Waals surface area (Å²) in [4.78, 5) is 0. The molecule has 0 saturated heterocycles. The number of hydrogen-bond acceptors (Lipinski definition) is 5. The van der Waals surface area contributed by atoms with Gasteiger partial charge in [-0.05, 0) is 13.3 Å². The highest BCUT2D eigenvalue weighted by atomic mass is 32.3. The summed E-state index contributed by atoms with van der Waals surface area (Å²) >= 11 is 0. The first-order valence-corrected chi connectivity index (χ1v) is 6.13. The van der Waals surface area contributed by atoms with Gasteiger partial charge in [0.25, 0.3) is 0 Å². The quantitative estimate of drug-likeness (QED) is 0.314. The number of hydrogen-bond donors (Lipinski definition) is 1. The monoisotopic (exact) mass is 242 g/mol. The van der Waals surface area contributed by atoms with E-state index in [4.69, 9.17) is 5.73 Å². The van der Waals surface area contributed by atoms with Crippen molar-refractivity contribution in [1.82, 2.24) is 0 Å². The number of nitrogens with two attached hydrogens (primary N) is 1. The van der Waals surface area contributed by atoms with Crippen LogP contribution in [0.4, 0.5) is 0 Å². The van der Waals surface area contributed by atoms with Gasteiger partial charge in [-0.3, -0.25) is 9.92 Å². The highest BCUT2D eigenvalue weighted by molar-refractivity contribution is 7.80. The third-order valence-corrected chi connectivity index (χ3v) is 2.58. The van der Waals surface area contributed by atoms with Crippen molar-refractivity contribution < 1.29 is 21.6 Å². The molecule has 0 bridgehead atoms. The van der Waals surface area contributed by atoms with E-state index in [1.807, 2.05) is 0 Å². The molecule has 1 unspecified atom stereocenters. The summed E-state index contributed by atoms with van der Waals surface area (Å²) in [5, 5.41) is 0. The minimum atomic E-state index is -4.41.